The first-order chi connectivity index (χ1) is 12.9. The predicted molar refractivity (Wildman–Crippen MR) is 93.5 cm³/mol. The van der Waals surface area contributed by atoms with Crippen molar-refractivity contribution in [1.82, 2.24) is 20.2 Å². The molecule has 0 atom stereocenters. The van der Waals surface area contributed by atoms with E-state index in [0.717, 1.165) is 0 Å². The number of tetrazole rings is 1. The van der Waals surface area contributed by atoms with Crippen molar-refractivity contribution in [3.05, 3.63) is 53.6 Å². The maximum absolute atomic E-state index is 12.2. The highest BCUT2D eigenvalue weighted by Gasteiger charge is 2.31. The summed E-state index contributed by atoms with van der Waals surface area (Å²) in [5.41, 5.74) is 0.510. The normalized spacial score (nSPS) is 11.4. The number of rotatable bonds is 7. The second-order valence-corrected chi connectivity index (χ2v) is 6.56. The number of alkyl halides is 3. The van der Waals surface area contributed by atoms with E-state index in [1.54, 1.807) is 24.3 Å². The molecule has 3 aromatic rings. The van der Waals surface area contributed by atoms with Crippen LogP contribution in [0.3, 0.4) is 0 Å². The van der Waals surface area contributed by atoms with Gasteiger partial charge >= 0.3 is 6.36 Å². The van der Waals surface area contributed by atoms with Gasteiger partial charge in [0, 0.05) is 10.8 Å². The van der Waals surface area contributed by atoms with E-state index < -0.39 is 6.36 Å². The molecule has 0 aliphatic carbocycles. The van der Waals surface area contributed by atoms with E-state index in [-0.39, 0.29) is 5.75 Å². The molecule has 0 amide bonds. The summed E-state index contributed by atoms with van der Waals surface area (Å²) in [6.07, 6.45) is -4.73. The number of aromatic nitrogens is 4. The summed E-state index contributed by atoms with van der Waals surface area (Å²) in [6.45, 7) is 0.414. The fourth-order valence-corrected chi connectivity index (χ4v) is 2.88. The summed E-state index contributed by atoms with van der Waals surface area (Å²) in [5, 5.41) is 12.5. The molecular formula is C16H12ClF3N4O2S. The first-order valence-corrected chi connectivity index (χ1v) is 8.93. The lowest BCUT2D eigenvalue weighted by Gasteiger charge is -2.09. The molecule has 0 radical (unpaired) electrons. The molecule has 1 aromatic heterocycles. The van der Waals surface area contributed by atoms with Crippen molar-refractivity contribution >= 4 is 23.4 Å². The van der Waals surface area contributed by atoms with Crippen molar-refractivity contribution in [2.24, 2.45) is 0 Å². The summed E-state index contributed by atoms with van der Waals surface area (Å²) in [7, 11) is 0. The second kappa shape index (κ2) is 8.49. The molecule has 0 spiro atoms. The van der Waals surface area contributed by atoms with Crippen LogP contribution in [0.1, 0.15) is 0 Å². The molecule has 0 N–H and O–H groups in total. The van der Waals surface area contributed by atoms with Gasteiger partial charge in [0.2, 0.25) is 5.16 Å². The van der Waals surface area contributed by atoms with Gasteiger partial charge in [-0.2, -0.15) is 4.68 Å². The number of ether oxygens (including phenoxy) is 2. The maximum Gasteiger partial charge on any atom is 0.573 e. The average Bonchev–Trinajstić information content (AvgIpc) is 3.08. The topological polar surface area (TPSA) is 62.1 Å². The van der Waals surface area contributed by atoms with Crippen molar-refractivity contribution in [3.63, 3.8) is 0 Å². The van der Waals surface area contributed by atoms with Crippen LogP contribution in [0, 0.1) is 0 Å². The Bertz CT molecular complexity index is 873. The number of hydrogen-bond donors (Lipinski definition) is 0. The molecule has 0 fully saturated rings. The fraction of sp³-hybridized carbons (Fsp3) is 0.188. The molecule has 27 heavy (non-hydrogen) atoms. The quantitative estimate of drug-likeness (QED) is 0.420. The van der Waals surface area contributed by atoms with Crippen LogP contribution in [-0.4, -0.2) is 38.9 Å². The van der Waals surface area contributed by atoms with Gasteiger partial charge in [0.25, 0.3) is 0 Å². The van der Waals surface area contributed by atoms with Crippen molar-refractivity contribution in [2.45, 2.75) is 11.5 Å². The van der Waals surface area contributed by atoms with Crippen LogP contribution in [0.2, 0.25) is 5.02 Å². The van der Waals surface area contributed by atoms with Gasteiger partial charge in [-0.3, -0.25) is 0 Å². The number of nitrogens with zero attached hydrogens (tertiary/aromatic N) is 4. The van der Waals surface area contributed by atoms with E-state index >= 15 is 0 Å². The van der Waals surface area contributed by atoms with E-state index in [4.69, 9.17) is 16.3 Å². The highest BCUT2D eigenvalue weighted by atomic mass is 35.5. The third-order valence-corrected chi connectivity index (χ3v) is 4.29. The lowest BCUT2D eigenvalue weighted by atomic mass is 10.3. The summed E-state index contributed by atoms with van der Waals surface area (Å²) < 4.78 is 47.5. The van der Waals surface area contributed by atoms with Crippen LogP contribution < -0.4 is 9.47 Å². The molecule has 11 heteroatoms. The zero-order valence-corrected chi connectivity index (χ0v) is 15.1. The molecule has 0 aliphatic rings. The van der Waals surface area contributed by atoms with Crippen molar-refractivity contribution in [3.8, 4) is 17.2 Å². The first-order valence-electron chi connectivity index (χ1n) is 7.56. The minimum Gasteiger partial charge on any atom is -0.493 e. The number of thioether (sulfide) groups is 1. The summed E-state index contributed by atoms with van der Waals surface area (Å²) >= 11 is 7.16. The van der Waals surface area contributed by atoms with E-state index in [1.807, 2.05) is 0 Å². The summed E-state index contributed by atoms with van der Waals surface area (Å²) in [6, 6.07) is 12.3. The van der Waals surface area contributed by atoms with Crippen LogP contribution in [0.4, 0.5) is 13.2 Å². The second-order valence-electron chi connectivity index (χ2n) is 5.07. The lowest BCUT2D eigenvalue weighted by Crippen LogP contribution is -2.17. The molecule has 6 nitrogen and oxygen atoms in total. The molecule has 0 bridgehead atoms. The molecule has 142 valence electrons. The van der Waals surface area contributed by atoms with Gasteiger partial charge in [0.1, 0.15) is 11.5 Å². The van der Waals surface area contributed by atoms with Gasteiger partial charge in [0.15, 0.2) is 0 Å². The largest absolute Gasteiger partial charge is 0.573 e. The van der Waals surface area contributed by atoms with E-state index in [1.165, 1.54) is 40.7 Å². The highest BCUT2D eigenvalue weighted by molar-refractivity contribution is 7.99. The minimum atomic E-state index is -4.73. The molecular weight excluding hydrogens is 405 g/mol. The molecule has 0 unspecified atom stereocenters. The van der Waals surface area contributed by atoms with Gasteiger partial charge in [-0.05, 0) is 59.0 Å². The zero-order valence-electron chi connectivity index (χ0n) is 13.6. The first kappa shape index (κ1) is 19.3. The standard InChI is InChI=1S/C16H12ClF3N4O2S/c17-11-1-5-13(6-2-11)25-9-10-27-15-21-22-23-24(15)12-3-7-14(8-4-12)26-16(18,19)20/h1-8H,9-10H2. The Hall–Kier alpha value is -2.46. The van der Waals surface area contributed by atoms with E-state index in [0.29, 0.717) is 34.0 Å². The van der Waals surface area contributed by atoms with Gasteiger partial charge in [0.05, 0.1) is 12.3 Å². The van der Waals surface area contributed by atoms with Crippen LogP contribution in [-0.2, 0) is 0 Å². The van der Waals surface area contributed by atoms with E-state index in [9.17, 15) is 13.2 Å². The number of halogens is 4. The SMILES string of the molecule is FC(F)(F)Oc1ccc(-n2nnnc2SCCOc2ccc(Cl)cc2)cc1. The van der Waals surface area contributed by atoms with Gasteiger partial charge < -0.3 is 9.47 Å². The Balaban J connectivity index is 1.56. The third kappa shape index (κ3) is 5.76. The predicted octanol–water partition coefficient (Wildman–Crippen LogP) is 4.39. The summed E-state index contributed by atoms with van der Waals surface area (Å²) in [4.78, 5) is 0. The summed E-state index contributed by atoms with van der Waals surface area (Å²) in [5.74, 6) is 0.947. The molecule has 2 aromatic carbocycles. The Morgan fingerprint density at radius 3 is 2.33 bits per heavy atom. The van der Waals surface area contributed by atoms with Crippen molar-refractivity contribution in [1.29, 1.82) is 0 Å². The molecule has 1 heterocycles. The van der Waals surface area contributed by atoms with Gasteiger partial charge in [-0.25, -0.2) is 0 Å². The molecule has 0 saturated heterocycles. The van der Waals surface area contributed by atoms with E-state index in [2.05, 4.69) is 20.3 Å². The van der Waals surface area contributed by atoms with Crippen LogP contribution in [0.15, 0.2) is 53.7 Å². The maximum atomic E-state index is 12.2. The van der Waals surface area contributed by atoms with Crippen molar-refractivity contribution < 1.29 is 22.6 Å². The number of benzene rings is 2. The van der Waals surface area contributed by atoms with Gasteiger partial charge in [-0.1, -0.05) is 23.4 Å². The number of hydrogen-bond acceptors (Lipinski definition) is 6. The molecule has 0 saturated carbocycles. The Kier molecular flexibility index (Phi) is 6.07. The van der Waals surface area contributed by atoms with Crippen molar-refractivity contribution in [2.75, 3.05) is 12.4 Å². The fourth-order valence-electron chi connectivity index (χ4n) is 2.04. The van der Waals surface area contributed by atoms with Crippen LogP contribution >= 0.6 is 23.4 Å². The van der Waals surface area contributed by atoms with Gasteiger partial charge in [-0.15, -0.1) is 18.3 Å². The highest BCUT2D eigenvalue weighted by Crippen LogP contribution is 2.25. The van der Waals surface area contributed by atoms with Crippen LogP contribution in [0.25, 0.3) is 5.69 Å². The molecule has 0 aliphatic heterocycles. The Morgan fingerprint density at radius 2 is 1.67 bits per heavy atom. The Morgan fingerprint density at radius 1 is 1.00 bits per heavy atom. The lowest BCUT2D eigenvalue weighted by molar-refractivity contribution is -0.274. The monoisotopic (exact) mass is 416 g/mol. The third-order valence-electron chi connectivity index (χ3n) is 3.15. The average molecular weight is 417 g/mol. The van der Waals surface area contributed by atoms with Crippen LogP contribution in [0.5, 0.6) is 11.5 Å². The molecule has 3 rings (SSSR count). The smallest absolute Gasteiger partial charge is 0.493 e. The zero-order chi connectivity index (χ0) is 19.3. The minimum absolute atomic E-state index is 0.315. The Labute approximate surface area is 161 Å².